The predicted octanol–water partition coefficient (Wildman–Crippen LogP) is 1.09. The van der Waals surface area contributed by atoms with Crippen LogP contribution < -0.4 is 4.74 Å². The van der Waals surface area contributed by atoms with Gasteiger partial charge in [0.2, 0.25) is 0 Å². The highest BCUT2D eigenvalue weighted by molar-refractivity contribution is 5.82. The number of hydrogen-bond acceptors (Lipinski definition) is 5. The summed E-state index contributed by atoms with van der Waals surface area (Å²) in [4.78, 5) is 22.2. The number of carbonyl (C=O) groups is 2. The number of aliphatic carboxylic acids is 1. The topological polar surface area (TPSA) is 93.1 Å². The first-order valence-electron chi connectivity index (χ1n) is 5.32. The second-order valence-corrected chi connectivity index (χ2v) is 3.99. The van der Waals surface area contributed by atoms with Crippen LogP contribution in [0.2, 0.25) is 0 Å². The summed E-state index contributed by atoms with van der Waals surface area (Å²) in [6, 6.07) is 4.35. The van der Waals surface area contributed by atoms with E-state index in [0.717, 1.165) is 0 Å². The second kappa shape index (κ2) is 4.56. The van der Waals surface area contributed by atoms with Crippen molar-refractivity contribution in [2.75, 3.05) is 7.11 Å². The maximum absolute atomic E-state index is 11.2. The summed E-state index contributed by atoms with van der Waals surface area (Å²) in [6.45, 7) is 0. The summed E-state index contributed by atoms with van der Waals surface area (Å²) >= 11 is 0. The van der Waals surface area contributed by atoms with Crippen LogP contribution in [-0.2, 0) is 14.3 Å². The Labute approximate surface area is 103 Å². The monoisotopic (exact) mass is 252 g/mol. The van der Waals surface area contributed by atoms with Crippen LogP contribution in [0.1, 0.15) is 18.1 Å². The van der Waals surface area contributed by atoms with Gasteiger partial charge in [0.15, 0.2) is 11.5 Å². The number of carboxylic acids is 1. The Kier molecular flexibility index (Phi) is 3.10. The lowest BCUT2D eigenvalue weighted by Gasteiger charge is -2.15. The Bertz CT molecular complexity index is 495. The Morgan fingerprint density at radius 1 is 1.50 bits per heavy atom. The minimum Gasteiger partial charge on any atom is -0.504 e. The summed E-state index contributed by atoms with van der Waals surface area (Å²) in [5, 5.41) is 18.5. The molecule has 0 spiro atoms. The molecule has 1 aliphatic rings. The molecule has 2 N–H and O–H groups in total. The molecule has 2 atom stereocenters. The zero-order chi connectivity index (χ0) is 13.3. The first kappa shape index (κ1) is 12.2. The van der Waals surface area contributed by atoms with Crippen LogP contribution in [0.25, 0.3) is 0 Å². The third-order valence-electron chi connectivity index (χ3n) is 2.86. The van der Waals surface area contributed by atoms with Gasteiger partial charge in [0.1, 0.15) is 12.0 Å². The van der Waals surface area contributed by atoms with E-state index in [1.54, 1.807) is 0 Å². The van der Waals surface area contributed by atoms with Crippen molar-refractivity contribution in [3.05, 3.63) is 23.8 Å². The van der Waals surface area contributed by atoms with Gasteiger partial charge in [-0.05, 0) is 17.7 Å². The smallest absolute Gasteiger partial charge is 0.311 e. The van der Waals surface area contributed by atoms with Crippen LogP contribution in [0, 0.1) is 5.92 Å². The van der Waals surface area contributed by atoms with Crippen LogP contribution in [0.3, 0.4) is 0 Å². The van der Waals surface area contributed by atoms with Gasteiger partial charge in [-0.1, -0.05) is 6.07 Å². The van der Waals surface area contributed by atoms with Crippen molar-refractivity contribution < 1.29 is 29.3 Å². The SMILES string of the molecule is COc1cc([C@H]2OC(=O)C[C@H]2C(=O)O)ccc1O. The molecule has 96 valence electrons. The molecule has 18 heavy (non-hydrogen) atoms. The van der Waals surface area contributed by atoms with E-state index in [9.17, 15) is 14.7 Å². The standard InChI is InChI=1S/C12H12O6/c1-17-9-4-6(2-3-8(9)13)11-7(12(15)16)5-10(14)18-11/h2-4,7,11,13H,5H2,1H3,(H,15,16)/t7-,11-/m1/s1. The lowest BCUT2D eigenvalue weighted by molar-refractivity contribution is -0.144. The fourth-order valence-electron chi connectivity index (χ4n) is 1.95. The number of benzene rings is 1. The Morgan fingerprint density at radius 2 is 2.22 bits per heavy atom. The molecule has 0 unspecified atom stereocenters. The number of rotatable bonds is 3. The fourth-order valence-corrected chi connectivity index (χ4v) is 1.95. The van der Waals surface area contributed by atoms with Gasteiger partial charge < -0.3 is 19.7 Å². The molecular formula is C12H12O6. The Morgan fingerprint density at radius 3 is 2.83 bits per heavy atom. The maximum Gasteiger partial charge on any atom is 0.311 e. The molecule has 0 radical (unpaired) electrons. The number of phenolic OH excluding ortho intramolecular Hbond substituents is 1. The molecule has 1 heterocycles. The number of esters is 1. The van der Waals surface area contributed by atoms with Gasteiger partial charge in [0, 0.05) is 0 Å². The highest BCUT2D eigenvalue weighted by Gasteiger charge is 2.41. The summed E-state index contributed by atoms with van der Waals surface area (Å²) in [5.41, 5.74) is 0.489. The largest absolute Gasteiger partial charge is 0.504 e. The Balaban J connectivity index is 2.35. The van der Waals surface area contributed by atoms with Gasteiger partial charge >= 0.3 is 11.9 Å². The normalized spacial score (nSPS) is 22.6. The highest BCUT2D eigenvalue weighted by Crippen LogP contribution is 2.38. The van der Waals surface area contributed by atoms with Gasteiger partial charge in [-0.3, -0.25) is 9.59 Å². The highest BCUT2D eigenvalue weighted by atomic mass is 16.6. The number of carbonyl (C=O) groups excluding carboxylic acids is 1. The quantitative estimate of drug-likeness (QED) is 0.782. The third kappa shape index (κ3) is 2.09. The summed E-state index contributed by atoms with van der Waals surface area (Å²) in [5.74, 6) is -2.39. The van der Waals surface area contributed by atoms with Gasteiger partial charge in [0.05, 0.1) is 13.5 Å². The number of ether oxygens (including phenoxy) is 2. The predicted molar refractivity (Wildman–Crippen MR) is 59.2 cm³/mol. The molecule has 6 nitrogen and oxygen atoms in total. The van der Waals surface area contributed by atoms with Crippen LogP contribution in [0.5, 0.6) is 11.5 Å². The van der Waals surface area contributed by atoms with E-state index in [2.05, 4.69) is 0 Å². The van der Waals surface area contributed by atoms with Crippen LogP contribution in [-0.4, -0.2) is 29.3 Å². The lowest BCUT2D eigenvalue weighted by Crippen LogP contribution is -2.17. The van der Waals surface area contributed by atoms with Crippen LogP contribution in [0.15, 0.2) is 18.2 Å². The van der Waals surface area contributed by atoms with Gasteiger partial charge in [-0.2, -0.15) is 0 Å². The molecule has 1 fully saturated rings. The molecule has 0 aromatic heterocycles. The summed E-state index contributed by atoms with van der Waals surface area (Å²) in [6.07, 6.45) is -0.993. The number of phenols is 1. The van der Waals surface area contributed by atoms with E-state index in [-0.39, 0.29) is 17.9 Å². The average molecular weight is 252 g/mol. The maximum atomic E-state index is 11.2. The fraction of sp³-hybridized carbons (Fsp3) is 0.333. The average Bonchev–Trinajstić information content (AvgIpc) is 2.72. The molecule has 1 aromatic carbocycles. The number of cyclic esters (lactones) is 1. The van der Waals surface area contributed by atoms with Crippen molar-refractivity contribution in [2.45, 2.75) is 12.5 Å². The molecule has 0 amide bonds. The minimum absolute atomic E-state index is 0.0579. The molecule has 1 aliphatic heterocycles. The number of aromatic hydroxyl groups is 1. The molecule has 6 heteroatoms. The van der Waals surface area contributed by atoms with E-state index < -0.39 is 24.0 Å². The van der Waals surface area contributed by atoms with E-state index in [0.29, 0.717) is 5.56 Å². The van der Waals surface area contributed by atoms with Gasteiger partial charge in [0.25, 0.3) is 0 Å². The number of carboxylic acid groups (broad SMARTS) is 1. The Hall–Kier alpha value is -2.24. The van der Waals surface area contributed by atoms with Crippen molar-refractivity contribution >= 4 is 11.9 Å². The lowest BCUT2D eigenvalue weighted by atomic mass is 9.95. The molecule has 1 aromatic rings. The van der Waals surface area contributed by atoms with Crippen molar-refractivity contribution in [1.82, 2.24) is 0 Å². The molecule has 0 aliphatic carbocycles. The van der Waals surface area contributed by atoms with E-state index >= 15 is 0 Å². The molecule has 0 bridgehead atoms. The van der Waals surface area contributed by atoms with Crippen molar-refractivity contribution in [3.8, 4) is 11.5 Å². The third-order valence-corrected chi connectivity index (χ3v) is 2.86. The molecule has 1 saturated heterocycles. The molecular weight excluding hydrogens is 240 g/mol. The van der Waals surface area contributed by atoms with Crippen LogP contribution >= 0.6 is 0 Å². The van der Waals surface area contributed by atoms with Gasteiger partial charge in [-0.25, -0.2) is 0 Å². The van der Waals surface area contributed by atoms with Crippen molar-refractivity contribution in [3.63, 3.8) is 0 Å². The molecule has 2 rings (SSSR count). The first-order valence-corrected chi connectivity index (χ1v) is 5.32. The van der Waals surface area contributed by atoms with E-state index in [1.165, 1.54) is 25.3 Å². The molecule has 0 saturated carbocycles. The van der Waals surface area contributed by atoms with Crippen LogP contribution in [0.4, 0.5) is 0 Å². The zero-order valence-electron chi connectivity index (χ0n) is 9.62. The zero-order valence-corrected chi connectivity index (χ0v) is 9.62. The minimum atomic E-state index is -1.09. The number of methoxy groups -OCH3 is 1. The van der Waals surface area contributed by atoms with Gasteiger partial charge in [-0.15, -0.1) is 0 Å². The van der Waals surface area contributed by atoms with Crippen molar-refractivity contribution in [1.29, 1.82) is 0 Å². The second-order valence-electron chi connectivity index (χ2n) is 3.99. The number of hydrogen-bond donors (Lipinski definition) is 2. The first-order chi connectivity index (χ1) is 8.52. The van der Waals surface area contributed by atoms with Crippen molar-refractivity contribution in [2.24, 2.45) is 5.92 Å². The summed E-state index contributed by atoms with van der Waals surface area (Å²) < 4.78 is 9.93. The summed E-state index contributed by atoms with van der Waals surface area (Å²) in [7, 11) is 1.38. The van der Waals surface area contributed by atoms with E-state index in [4.69, 9.17) is 14.6 Å². The van der Waals surface area contributed by atoms with E-state index in [1.807, 2.05) is 0 Å².